The first-order chi connectivity index (χ1) is 10.8. The van der Waals surface area contributed by atoms with Gasteiger partial charge in [0.15, 0.2) is 0 Å². The van der Waals surface area contributed by atoms with Crippen LogP contribution in [0.3, 0.4) is 0 Å². The van der Waals surface area contributed by atoms with Gasteiger partial charge in [-0.15, -0.1) is 0 Å². The van der Waals surface area contributed by atoms with Crippen LogP contribution in [0.5, 0.6) is 0 Å². The molecule has 0 aromatic carbocycles. The van der Waals surface area contributed by atoms with Gasteiger partial charge in [0.05, 0.1) is 0 Å². The second-order valence-corrected chi connectivity index (χ2v) is 35.1. The molecule has 0 aromatic rings. The van der Waals surface area contributed by atoms with Gasteiger partial charge >= 0.3 is 193 Å². The van der Waals surface area contributed by atoms with E-state index in [-0.39, 0.29) is 0 Å². The number of rotatable bonds is 2. The van der Waals surface area contributed by atoms with Crippen molar-refractivity contribution in [3.05, 3.63) is 48.2 Å². The van der Waals surface area contributed by atoms with Crippen LogP contribution in [0, 0.1) is 0 Å². The van der Waals surface area contributed by atoms with Crippen LogP contribution in [-0.4, -0.2) is 140 Å². The topological polar surface area (TPSA) is 0 Å². The summed E-state index contributed by atoms with van der Waals surface area (Å²) in [6.45, 7) is 0. The molecule has 0 N–H and O–H groups in total. The van der Waals surface area contributed by atoms with Crippen LogP contribution in [0.4, 0.5) is 0 Å². The summed E-state index contributed by atoms with van der Waals surface area (Å²) in [5.74, 6) is 0. The third-order valence-electron chi connectivity index (χ3n) is 2.73. The maximum atomic E-state index is 2.74. The maximum absolute atomic E-state index is 2.74. The molecule has 4 aliphatic rings. The van der Waals surface area contributed by atoms with Crippen LogP contribution in [0.25, 0.3) is 0 Å². The summed E-state index contributed by atoms with van der Waals surface area (Å²) < 4.78 is 11.8. The third-order valence-corrected chi connectivity index (χ3v) is 48.6. The summed E-state index contributed by atoms with van der Waals surface area (Å²) in [6.07, 6.45) is 0. The minimum absolute atomic E-state index is 0.745. The van der Waals surface area contributed by atoms with E-state index in [2.05, 4.69) is 34.7 Å². The van der Waals surface area contributed by atoms with Crippen molar-refractivity contribution < 1.29 is 0 Å². The molecule has 114 valence electrons. The molecule has 0 unspecified atom stereocenters. The first-order valence-electron chi connectivity index (χ1n) is 6.09. The van der Waals surface area contributed by atoms with Crippen molar-refractivity contribution in [3.8, 4) is 0 Å². The van der Waals surface area contributed by atoms with Crippen LogP contribution < -0.4 is 0 Å². The van der Waals surface area contributed by atoms with Crippen molar-refractivity contribution in [3.63, 3.8) is 0 Å². The molecular weight excluding hydrogens is 910 g/mol. The van der Waals surface area contributed by atoms with Gasteiger partial charge in [0.25, 0.3) is 0 Å². The minimum atomic E-state index is -1.23. The predicted octanol–water partition coefficient (Wildman–Crippen LogP) is -0.244. The quantitative estimate of drug-likeness (QED) is 0.336. The van der Waals surface area contributed by atoms with Gasteiger partial charge in [-0.3, -0.25) is 0 Å². The molecule has 4 rings (SSSR count). The van der Waals surface area contributed by atoms with Crippen LogP contribution in [0.15, 0.2) is 48.2 Å². The Bertz CT molecular complexity index is 606. The molecule has 0 nitrogen and oxygen atoms in total. The predicted molar refractivity (Wildman–Crippen MR) is 106 cm³/mol. The van der Waals surface area contributed by atoms with Crippen molar-refractivity contribution in [1.29, 1.82) is 0 Å². The Morgan fingerprint density at radius 2 is 1.00 bits per heavy atom. The monoisotopic (exact) mass is 925 g/mol. The summed E-state index contributed by atoms with van der Waals surface area (Å²) in [6, 6.07) is 0. The van der Waals surface area contributed by atoms with Crippen molar-refractivity contribution in [2.24, 2.45) is 0 Å². The first kappa shape index (κ1) is 18.8. The normalized spacial score (nSPS) is 24.3. The molecule has 4 aliphatic heterocycles. The van der Waals surface area contributed by atoms with Gasteiger partial charge in [-0.1, -0.05) is 0 Å². The Kier molecular flexibility index (Phi) is 7.74. The fourth-order valence-corrected chi connectivity index (χ4v) is 51.3. The summed E-state index contributed by atoms with van der Waals surface area (Å²) in [5.41, 5.74) is 0. The van der Waals surface area contributed by atoms with Gasteiger partial charge in [-0.25, -0.2) is 0 Å². The number of hydrogen-bond acceptors (Lipinski definition) is 0. The molecule has 9 heteroatoms. The molecule has 0 amide bonds. The molecule has 4 heterocycles. The fourth-order valence-electron chi connectivity index (χ4n) is 1.68. The van der Waals surface area contributed by atoms with E-state index in [1.165, 1.54) is 0 Å². The van der Waals surface area contributed by atoms with E-state index in [0.29, 0.717) is 0 Å². The SMILES string of the molecule is [CH3][Sb]([C]1=C[Se]C(=C2[Se]C=C[Se]2)[Se]1)[C]1=C[Se]C(=C2[Se]C=C[Se]2)[Se]1. The van der Waals surface area contributed by atoms with E-state index in [9.17, 15) is 0 Å². The Morgan fingerprint density at radius 3 is 1.41 bits per heavy atom. The van der Waals surface area contributed by atoms with Gasteiger partial charge in [0, 0.05) is 0 Å². The molecule has 0 saturated carbocycles. The van der Waals surface area contributed by atoms with E-state index >= 15 is 0 Å². The molecular formula is C13H9SbSe8. The average molecular weight is 919 g/mol. The fraction of sp³-hybridized carbons (Fsp3) is 0.0769. The van der Waals surface area contributed by atoms with Crippen LogP contribution in [0.2, 0.25) is 4.87 Å². The van der Waals surface area contributed by atoms with Crippen molar-refractivity contribution in [1.82, 2.24) is 0 Å². The number of hydrogen-bond donors (Lipinski definition) is 0. The van der Waals surface area contributed by atoms with Gasteiger partial charge in [0.1, 0.15) is 0 Å². The zero-order valence-electron chi connectivity index (χ0n) is 11.2. The Hall–Kier alpha value is 3.41. The molecule has 0 aromatic heterocycles. The molecule has 0 spiro atoms. The summed E-state index contributed by atoms with van der Waals surface area (Å²) in [4.78, 5) is 18.0. The van der Waals surface area contributed by atoms with E-state index in [1.807, 2.05) is 18.3 Å². The summed E-state index contributed by atoms with van der Waals surface area (Å²) in [7, 11) is 0. The molecule has 0 fully saturated rings. The molecule has 0 bridgehead atoms. The van der Waals surface area contributed by atoms with Crippen molar-refractivity contribution >= 4 is 140 Å². The molecule has 0 atom stereocenters. The zero-order valence-corrected chi connectivity index (χ0v) is 27.4. The Morgan fingerprint density at radius 1 is 0.591 bits per heavy atom. The van der Waals surface area contributed by atoms with E-state index in [1.54, 1.807) is 0 Å². The van der Waals surface area contributed by atoms with E-state index in [4.69, 9.17) is 0 Å². The summed E-state index contributed by atoms with van der Waals surface area (Å²) >= 11 is 4.82. The Labute approximate surface area is 189 Å². The van der Waals surface area contributed by atoms with Crippen LogP contribution in [-0.2, 0) is 0 Å². The zero-order chi connectivity index (χ0) is 14.9. The van der Waals surface area contributed by atoms with E-state index < -0.39 is 20.2 Å². The van der Waals surface area contributed by atoms with Gasteiger partial charge in [-0.05, 0) is 0 Å². The van der Waals surface area contributed by atoms with Gasteiger partial charge in [0.2, 0.25) is 0 Å². The van der Waals surface area contributed by atoms with Gasteiger partial charge < -0.3 is 0 Å². The standard InChI is InChI=1S/2C6H3Se4.CH3.Sb/c2*1-2-8-5(7-1)6-9-3-4-10-6;;/h2*1-3H;1H3;. The molecule has 22 heavy (non-hydrogen) atoms. The van der Waals surface area contributed by atoms with Crippen LogP contribution >= 0.6 is 0 Å². The first-order valence-corrected chi connectivity index (χ1v) is 25.7. The van der Waals surface area contributed by atoms with Crippen LogP contribution in [0.1, 0.15) is 0 Å². The second-order valence-electron chi connectivity index (χ2n) is 4.08. The third kappa shape index (κ3) is 4.45. The van der Waals surface area contributed by atoms with Crippen molar-refractivity contribution in [2.75, 3.05) is 0 Å². The van der Waals surface area contributed by atoms with Gasteiger partial charge in [-0.2, -0.15) is 0 Å². The Balaban J connectivity index is 1.42. The average Bonchev–Trinajstić information content (AvgIpc) is 3.35. The second kappa shape index (κ2) is 9.07. The van der Waals surface area contributed by atoms with Crippen molar-refractivity contribution in [2.45, 2.75) is 4.87 Å². The molecule has 0 saturated heterocycles. The van der Waals surface area contributed by atoms with E-state index in [0.717, 1.165) is 120 Å². The molecule has 0 radical (unpaired) electrons. The summed E-state index contributed by atoms with van der Waals surface area (Å²) in [5, 5.41) is 0. The molecule has 0 aliphatic carbocycles.